The van der Waals surface area contributed by atoms with E-state index >= 15 is 0 Å². The molecule has 5 nitrogen and oxygen atoms in total. The monoisotopic (exact) mass is 380 g/mol. The molecular formula is C23H24O5. The summed E-state index contributed by atoms with van der Waals surface area (Å²) in [6.07, 6.45) is 3.63. The number of Topliss-reactive ketones (excluding diaryl/α,β-unsaturated/α-hetero) is 1. The van der Waals surface area contributed by atoms with E-state index in [0.717, 1.165) is 22.4 Å². The van der Waals surface area contributed by atoms with Crippen molar-refractivity contribution in [1.29, 1.82) is 0 Å². The van der Waals surface area contributed by atoms with Crippen LogP contribution in [0.5, 0.6) is 17.2 Å². The van der Waals surface area contributed by atoms with Crippen LogP contribution in [0.15, 0.2) is 47.5 Å². The molecule has 5 heteroatoms. The van der Waals surface area contributed by atoms with Gasteiger partial charge in [0.1, 0.15) is 5.75 Å². The second-order valence-electron chi connectivity index (χ2n) is 6.44. The summed E-state index contributed by atoms with van der Waals surface area (Å²) < 4.78 is 22.0. The Morgan fingerprint density at radius 1 is 0.821 bits per heavy atom. The first-order valence-corrected chi connectivity index (χ1v) is 8.97. The third kappa shape index (κ3) is 3.94. The van der Waals surface area contributed by atoms with Crippen LogP contribution in [0.25, 0.3) is 12.2 Å². The molecule has 0 atom stereocenters. The topological polar surface area (TPSA) is 54.0 Å². The van der Waals surface area contributed by atoms with Crippen molar-refractivity contribution in [2.75, 3.05) is 34.5 Å². The van der Waals surface area contributed by atoms with E-state index in [1.54, 1.807) is 27.4 Å². The Labute approximate surface area is 165 Å². The van der Waals surface area contributed by atoms with Crippen LogP contribution >= 0.6 is 0 Å². The normalized spacial score (nSPS) is 17.1. The Bertz CT molecular complexity index is 940. The molecule has 146 valence electrons. The number of rotatable bonds is 5. The maximum absolute atomic E-state index is 13.0. The first-order valence-electron chi connectivity index (χ1n) is 8.97. The number of hydrogen-bond donors (Lipinski definition) is 0. The van der Waals surface area contributed by atoms with Crippen LogP contribution in [0.1, 0.15) is 16.7 Å². The van der Waals surface area contributed by atoms with Crippen LogP contribution in [-0.2, 0) is 9.53 Å². The second-order valence-corrected chi connectivity index (χ2v) is 6.44. The summed E-state index contributed by atoms with van der Waals surface area (Å²) in [6, 6.07) is 11.4. The molecule has 1 saturated heterocycles. The molecule has 0 radical (unpaired) electrons. The van der Waals surface area contributed by atoms with Gasteiger partial charge in [-0.25, -0.2) is 0 Å². The van der Waals surface area contributed by atoms with Gasteiger partial charge in [-0.05, 0) is 30.7 Å². The minimum absolute atomic E-state index is 0.0420. The molecule has 1 aliphatic rings. The van der Waals surface area contributed by atoms with Crippen LogP contribution in [0.2, 0.25) is 0 Å². The summed E-state index contributed by atoms with van der Waals surface area (Å²) >= 11 is 0. The molecule has 1 fully saturated rings. The molecule has 1 aliphatic heterocycles. The van der Waals surface area contributed by atoms with Gasteiger partial charge in [0.15, 0.2) is 17.3 Å². The largest absolute Gasteiger partial charge is 0.496 e. The lowest BCUT2D eigenvalue weighted by Crippen LogP contribution is -2.22. The van der Waals surface area contributed by atoms with Gasteiger partial charge in [-0.1, -0.05) is 30.3 Å². The van der Waals surface area contributed by atoms with Crippen molar-refractivity contribution in [2.24, 2.45) is 0 Å². The van der Waals surface area contributed by atoms with Crippen molar-refractivity contribution < 1.29 is 23.7 Å². The highest BCUT2D eigenvalue weighted by Gasteiger charge is 2.22. The molecule has 3 rings (SSSR count). The molecule has 0 aromatic heterocycles. The Kier molecular flexibility index (Phi) is 6.16. The Balaban J connectivity index is 1.98. The van der Waals surface area contributed by atoms with Crippen LogP contribution in [0.4, 0.5) is 0 Å². The quantitative estimate of drug-likeness (QED) is 0.732. The fourth-order valence-corrected chi connectivity index (χ4v) is 3.29. The SMILES string of the molecule is COc1cccc(/C=C2\COC/C(=C\c3cccc(C)c3OC)C2=O)c1OC. The Morgan fingerprint density at radius 3 is 1.96 bits per heavy atom. The molecule has 2 aromatic rings. The average molecular weight is 380 g/mol. The highest BCUT2D eigenvalue weighted by Crippen LogP contribution is 2.33. The fraction of sp³-hybridized carbons (Fsp3) is 0.261. The van der Waals surface area contributed by atoms with Gasteiger partial charge in [0.05, 0.1) is 34.5 Å². The summed E-state index contributed by atoms with van der Waals surface area (Å²) in [6.45, 7) is 2.49. The van der Waals surface area contributed by atoms with Crippen molar-refractivity contribution in [1.82, 2.24) is 0 Å². The van der Waals surface area contributed by atoms with E-state index in [0.29, 0.717) is 22.6 Å². The van der Waals surface area contributed by atoms with Gasteiger partial charge in [0, 0.05) is 22.3 Å². The molecule has 0 N–H and O–H groups in total. The second kappa shape index (κ2) is 8.76. The van der Waals surface area contributed by atoms with Crippen LogP contribution in [0.3, 0.4) is 0 Å². The summed E-state index contributed by atoms with van der Waals surface area (Å²) in [5.74, 6) is 1.91. The maximum atomic E-state index is 13.0. The zero-order valence-corrected chi connectivity index (χ0v) is 16.6. The van der Waals surface area contributed by atoms with Gasteiger partial charge in [0.25, 0.3) is 0 Å². The van der Waals surface area contributed by atoms with Gasteiger partial charge in [-0.2, -0.15) is 0 Å². The van der Waals surface area contributed by atoms with E-state index in [1.165, 1.54) is 0 Å². The van der Waals surface area contributed by atoms with E-state index in [-0.39, 0.29) is 19.0 Å². The predicted octanol–water partition coefficient (Wildman–Crippen LogP) is 4.09. The Hall–Kier alpha value is -3.05. The molecule has 0 spiro atoms. The van der Waals surface area contributed by atoms with Crippen molar-refractivity contribution in [3.63, 3.8) is 0 Å². The predicted molar refractivity (Wildman–Crippen MR) is 109 cm³/mol. The number of methoxy groups -OCH3 is 3. The zero-order chi connectivity index (χ0) is 20.1. The number of para-hydroxylation sites is 2. The fourth-order valence-electron chi connectivity index (χ4n) is 3.29. The lowest BCUT2D eigenvalue weighted by Gasteiger charge is -2.19. The zero-order valence-electron chi connectivity index (χ0n) is 16.6. The molecule has 28 heavy (non-hydrogen) atoms. The van der Waals surface area contributed by atoms with Crippen molar-refractivity contribution in [2.45, 2.75) is 6.92 Å². The first kappa shape index (κ1) is 19.7. The number of aryl methyl sites for hydroxylation is 1. The summed E-state index contributed by atoms with van der Waals surface area (Å²) in [4.78, 5) is 13.0. The summed E-state index contributed by atoms with van der Waals surface area (Å²) in [5.41, 5.74) is 3.79. The van der Waals surface area contributed by atoms with Gasteiger partial charge in [-0.3, -0.25) is 4.79 Å². The third-order valence-electron chi connectivity index (χ3n) is 4.64. The van der Waals surface area contributed by atoms with E-state index in [1.807, 2.05) is 49.4 Å². The van der Waals surface area contributed by atoms with Crippen molar-refractivity contribution >= 4 is 17.9 Å². The number of carbonyl (C=O) groups is 1. The van der Waals surface area contributed by atoms with Gasteiger partial charge < -0.3 is 18.9 Å². The lowest BCUT2D eigenvalue weighted by molar-refractivity contribution is -0.114. The minimum atomic E-state index is -0.0420. The molecule has 0 bridgehead atoms. The lowest BCUT2D eigenvalue weighted by atomic mass is 9.97. The van der Waals surface area contributed by atoms with Gasteiger partial charge >= 0.3 is 0 Å². The summed E-state index contributed by atoms with van der Waals surface area (Å²) in [5, 5.41) is 0. The highest BCUT2D eigenvalue weighted by molar-refractivity contribution is 6.14. The number of ketones is 1. The molecule has 0 aliphatic carbocycles. The van der Waals surface area contributed by atoms with E-state index in [9.17, 15) is 4.79 Å². The Morgan fingerprint density at radius 2 is 1.39 bits per heavy atom. The molecular weight excluding hydrogens is 356 g/mol. The number of hydrogen-bond acceptors (Lipinski definition) is 5. The third-order valence-corrected chi connectivity index (χ3v) is 4.64. The molecule has 2 aromatic carbocycles. The molecule has 0 amide bonds. The van der Waals surface area contributed by atoms with E-state index < -0.39 is 0 Å². The van der Waals surface area contributed by atoms with Crippen LogP contribution < -0.4 is 14.2 Å². The highest BCUT2D eigenvalue weighted by atomic mass is 16.5. The van der Waals surface area contributed by atoms with Crippen molar-refractivity contribution in [3.05, 3.63) is 64.2 Å². The first-order chi connectivity index (χ1) is 13.6. The molecule has 0 unspecified atom stereocenters. The van der Waals surface area contributed by atoms with E-state index in [4.69, 9.17) is 18.9 Å². The van der Waals surface area contributed by atoms with Crippen LogP contribution in [0, 0.1) is 6.92 Å². The summed E-state index contributed by atoms with van der Waals surface area (Å²) in [7, 11) is 4.79. The van der Waals surface area contributed by atoms with Gasteiger partial charge in [0.2, 0.25) is 0 Å². The minimum Gasteiger partial charge on any atom is -0.496 e. The van der Waals surface area contributed by atoms with E-state index in [2.05, 4.69) is 0 Å². The number of ether oxygens (including phenoxy) is 4. The van der Waals surface area contributed by atoms with Gasteiger partial charge in [-0.15, -0.1) is 0 Å². The average Bonchev–Trinajstić information content (AvgIpc) is 2.71. The van der Waals surface area contributed by atoms with Crippen molar-refractivity contribution in [3.8, 4) is 17.2 Å². The maximum Gasteiger partial charge on any atom is 0.189 e. The number of carbonyl (C=O) groups excluding carboxylic acids is 1. The molecule has 0 saturated carbocycles. The molecule has 1 heterocycles. The van der Waals surface area contributed by atoms with Crippen LogP contribution in [-0.4, -0.2) is 40.3 Å². The standard InChI is InChI=1S/C23H24O5/c1-15-7-5-8-16(22(15)26-3)11-18-13-28-14-19(21(18)24)12-17-9-6-10-20(25-2)23(17)27-4/h5-12H,13-14H2,1-4H3/b18-11+,19-12+. The number of benzene rings is 2. The smallest absolute Gasteiger partial charge is 0.189 e.